The van der Waals surface area contributed by atoms with E-state index in [0.29, 0.717) is 17.8 Å². The monoisotopic (exact) mass is 440 g/mol. The molecule has 1 fully saturated rings. The van der Waals surface area contributed by atoms with Crippen LogP contribution in [0.5, 0.6) is 5.75 Å². The summed E-state index contributed by atoms with van der Waals surface area (Å²) >= 11 is 0. The third-order valence-corrected chi connectivity index (χ3v) is 7.47. The van der Waals surface area contributed by atoms with E-state index < -0.39 is 5.41 Å². The largest absolute Gasteiger partial charge is 0.515 e. The number of hydrogen-bond acceptors (Lipinski definition) is 5. The molecule has 168 valence electrons. The second kappa shape index (κ2) is 8.14. The van der Waals surface area contributed by atoms with Gasteiger partial charge in [-0.1, -0.05) is 49.4 Å². The van der Waals surface area contributed by atoms with Crippen molar-refractivity contribution in [1.29, 1.82) is 0 Å². The van der Waals surface area contributed by atoms with E-state index in [0.717, 1.165) is 52.9 Å². The summed E-state index contributed by atoms with van der Waals surface area (Å²) in [7, 11) is 1.66. The summed E-state index contributed by atoms with van der Waals surface area (Å²) in [5.74, 6) is 1.40. The average molecular weight is 441 g/mol. The highest BCUT2D eigenvalue weighted by atomic mass is 16.5. The molecule has 2 aliphatic carbocycles. The smallest absolute Gasteiger partial charge is 0.165 e. The topological polar surface area (TPSA) is 72.3 Å². The first-order valence-electron chi connectivity index (χ1n) is 11.4. The van der Waals surface area contributed by atoms with Crippen molar-refractivity contribution in [3.05, 3.63) is 89.1 Å². The number of nitrogens with zero attached hydrogens (tertiary/aromatic N) is 2. The predicted octanol–water partition coefficient (Wildman–Crippen LogP) is 5.36. The highest BCUT2D eigenvalue weighted by molar-refractivity contribution is 5.98. The number of allylic oxidation sites excluding steroid dienone is 1. The Morgan fingerprint density at radius 2 is 1.91 bits per heavy atom. The lowest BCUT2D eigenvalue weighted by atomic mass is 9.52. The van der Waals surface area contributed by atoms with Crippen LogP contribution in [0, 0.1) is 18.8 Å². The minimum Gasteiger partial charge on any atom is -0.515 e. The molecular formula is C28H28N2O3. The van der Waals surface area contributed by atoms with Crippen LogP contribution in [0.2, 0.25) is 0 Å². The van der Waals surface area contributed by atoms with Gasteiger partial charge in [-0.3, -0.25) is 4.79 Å². The maximum Gasteiger partial charge on any atom is 0.165 e. The Morgan fingerprint density at radius 1 is 1.12 bits per heavy atom. The molecule has 2 aromatic carbocycles. The molecule has 0 aliphatic heterocycles. The van der Waals surface area contributed by atoms with Gasteiger partial charge in [0.15, 0.2) is 5.78 Å². The SMILES string of the molecule is COc1cccc(-c2nc(C)nc3c2CC[C@H]2[C@H](C)C(=O)C(=CO)C[C@]32c2ccccc2)c1. The molecule has 0 spiro atoms. The number of rotatable bonds is 3. The van der Waals surface area contributed by atoms with Crippen LogP contribution in [0.25, 0.3) is 11.3 Å². The Kier molecular flexibility index (Phi) is 5.28. The number of ketones is 1. The number of fused-ring (bicyclic) bond motifs is 3. The minimum absolute atomic E-state index is 0.0382. The van der Waals surface area contributed by atoms with Crippen LogP contribution in [0.1, 0.15) is 42.4 Å². The lowest BCUT2D eigenvalue weighted by molar-refractivity contribution is -0.123. The average Bonchev–Trinajstić information content (AvgIpc) is 2.86. The van der Waals surface area contributed by atoms with Crippen LogP contribution in [0.15, 0.2) is 66.4 Å². The van der Waals surface area contributed by atoms with Crippen molar-refractivity contribution in [2.75, 3.05) is 7.11 Å². The Morgan fingerprint density at radius 3 is 2.64 bits per heavy atom. The third-order valence-electron chi connectivity index (χ3n) is 7.47. The highest BCUT2D eigenvalue weighted by Gasteiger charge is 2.55. The Hall–Kier alpha value is -3.47. The summed E-state index contributed by atoms with van der Waals surface area (Å²) in [4.78, 5) is 23.0. The van der Waals surface area contributed by atoms with Crippen LogP contribution >= 0.6 is 0 Å². The van der Waals surface area contributed by atoms with Crippen LogP contribution < -0.4 is 4.74 Å². The van der Waals surface area contributed by atoms with E-state index in [1.54, 1.807) is 7.11 Å². The lowest BCUT2D eigenvalue weighted by Crippen LogP contribution is -2.51. The van der Waals surface area contributed by atoms with Crippen LogP contribution in [0.3, 0.4) is 0 Å². The van der Waals surface area contributed by atoms with Crippen molar-refractivity contribution in [2.24, 2.45) is 11.8 Å². The van der Waals surface area contributed by atoms with E-state index in [2.05, 4.69) is 18.2 Å². The van der Waals surface area contributed by atoms with E-state index in [1.807, 2.05) is 50.2 Å². The molecule has 0 unspecified atom stereocenters. The van der Waals surface area contributed by atoms with Gasteiger partial charge in [0.1, 0.15) is 11.6 Å². The first kappa shape index (κ1) is 21.4. The maximum absolute atomic E-state index is 13.0. The van der Waals surface area contributed by atoms with Gasteiger partial charge in [0, 0.05) is 28.0 Å². The fourth-order valence-corrected chi connectivity index (χ4v) is 5.98. The number of Topliss-reactive ketones (excluding diaryl/α,β-unsaturated/α-hetero) is 1. The third kappa shape index (κ3) is 3.26. The normalized spacial score (nSPS) is 25.4. The van der Waals surface area contributed by atoms with Crippen LogP contribution in [-0.4, -0.2) is 28.0 Å². The molecule has 5 nitrogen and oxygen atoms in total. The van der Waals surface area contributed by atoms with Gasteiger partial charge in [-0.25, -0.2) is 9.97 Å². The summed E-state index contributed by atoms with van der Waals surface area (Å²) < 4.78 is 5.46. The fraction of sp³-hybridized carbons (Fsp3) is 0.321. The molecule has 0 radical (unpaired) electrons. The van der Waals surface area contributed by atoms with Crippen molar-refractivity contribution in [3.63, 3.8) is 0 Å². The van der Waals surface area contributed by atoms with Crippen LogP contribution in [-0.2, 0) is 16.6 Å². The Labute approximate surface area is 194 Å². The number of carbonyl (C=O) groups is 1. The van der Waals surface area contributed by atoms with Crippen molar-refractivity contribution in [2.45, 2.75) is 38.5 Å². The lowest BCUT2D eigenvalue weighted by Gasteiger charge is -2.51. The summed E-state index contributed by atoms with van der Waals surface area (Å²) in [6.07, 6.45) is 3.10. The molecule has 1 heterocycles. The first-order chi connectivity index (χ1) is 16.0. The number of aryl methyl sites for hydroxylation is 1. The standard InChI is InChI=1S/C28H28N2O3/c1-17-24-13-12-23-25(19-8-7-11-22(14-19)33-3)29-18(2)30-27(23)28(24,15-20(16-31)26(17)32)21-9-5-4-6-10-21/h4-11,14,16-17,24,31H,12-13,15H2,1-3H3/t17-,24-,28+/m0/s1. The summed E-state index contributed by atoms with van der Waals surface area (Å²) in [6.45, 7) is 3.92. The van der Waals surface area contributed by atoms with Crippen LogP contribution in [0.4, 0.5) is 0 Å². The van der Waals surface area contributed by atoms with Gasteiger partial charge in [-0.2, -0.15) is 0 Å². The molecule has 1 saturated carbocycles. The van der Waals surface area contributed by atoms with Crippen molar-refractivity contribution in [1.82, 2.24) is 9.97 Å². The van der Waals surface area contributed by atoms with Crippen molar-refractivity contribution in [3.8, 4) is 17.0 Å². The van der Waals surface area contributed by atoms with Crippen molar-refractivity contribution >= 4 is 5.78 Å². The van der Waals surface area contributed by atoms with E-state index >= 15 is 0 Å². The number of ether oxygens (including phenoxy) is 1. The molecule has 0 bridgehead atoms. The molecule has 1 N–H and O–H groups in total. The number of methoxy groups -OCH3 is 1. The van der Waals surface area contributed by atoms with E-state index in [-0.39, 0.29) is 17.6 Å². The van der Waals surface area contributed by atoms with Gasteiger partial charge in [0.25, 0.3) is 0 Å². The minimum atomic E-state index is -0.502. The van der Waals surface area contributed by atoms with E-state index in [1.165, 1.54) is 0 Å². The predicted molar refractivity (Wildman–Crippen MR) is 127 cm³/mol. The Balaban J connectivity index is 1.82. The molecule has 0 amide bonds. The molecule has 3 atom stereocenters. The second-order valence-corrected chi connectivity index (χ2v) is 9.15. The summed E-state index contributed by atoms with van der Waals surface area (Å²) in [5, 5.41) is 9.99. The van der Waals surface area contributed by atoms with Gasteiger partial charge >= 0.3 is 0 Å². The number of aliphatic hydroxyl groups excluding tert-OH is 1. The molecule has 5 rings (SSSR count). The molecule has 5 heteroatoms. The Bertz CT molecular complexity index is 1250. The molecule has 0 saturated heterocycles. The second-order valence-electron chi connectivity index (χ2n) is 9.15. The van der Waals surface area contributed by atoms with Gasteiger partial charge in [-0.05, 0) is 49.8 Å². The molecule has 2 aliphatic rings. The summed E-state index contributed by atoms with van der Waals surface area (Å²) in [5.41, 5.74) is 5.11. The molecular weight excluding hydrogens is 412 g/mol. The van der Waals surface area contributed by atoms with Crippen molar-refractivity contribution < 1.29 is 14.6 Å². The quantitative estimate of drug-likeness (QED) is 0.438. The highest BCUT2D eigenvalue weighted by Crippen LogP contribution is 2.56. The number of aliphatic hydroxyl groups is 1. The number of hydrogen-bond donors (Lipinski definition) is 1. The molecule has 33 heavy (non-hydrogen) atoms. The summed E-state index contributed by atoms with van der Waals surface area (Å²) in [6, 6.07) is 18.3. The van der Waals surface area contributed by atoms with E-state index in [4.69, 9.17) is 14.7 Å². The maximum atomic E-state index is 13.0. The number of carbonyl (C=O) groups excluding carboxylic acids is 1. The molecule has 1 aromatic heterocycles. The first-order valence-corrected chi connectivity index (χ1v) is 11.4. The van der Waals surface area contributed by atoms with Gasteiger partial charge in [0.05, 0.1) is 24.8 Å². The van der Waals surface area contributed by atoms with Gasteiger partial charge < -0.3 is 9.84 Å². The van der Waals surface area contributed by atoms with Gasteiger partial charge in [-0.15, -0.1) is 0 Å². The number of benzene rings is 2. The zero-order chi connectivity index (χ0) is 23.2. The number of aromatic nitrogens is 2. The zero-order valence-electron chi connectivity index (χ0n) is 19.2. The van der Waals surface area contributed by atoms with E-state index in [9.17, 15) is 9.90 Å². The fourth-order valence-electron chi connectivity index (χ4n) is 5.98. The molecule has 3 aromatic rings. The van der Waals surface area contributed by atoms with Gasteiger partial charge in [0.2, 0.25) is 0 Å². The zero-order valence-corrected chi connectivity index (χ0v) is 19.2.